The van der Waals surface area contributed by atoms with E-state index in [-0.39, 0.29) is 6.17 Å². The van der Waals surface area contributed by atoms with Crippen molar-refractivity contribution < 1.29 is 5.11 Å². The molecule has 0 radical (unpaired) electrons. The number of fused-ring (bicyclic) bond motifs is 1. The van der Waals surface area contributed by atoms with Crippen LogP contribution in [-0.2, 0) is 5.72 Å². The summed E-state index contributed by atoms with van der Waals surface area (Å²) in [5, 5.41) is 12.5. The van der Waals surface area contributed by atoms with E-state index in [0.29, 0.717) is 11.6 Å². The van der Waals surface area contributed by atoms with Crippen LogP contribution in [-0.4, -0.2) is 29.3 Å². The van der Waals surface area contributed by atoms with Gasteiger partial charge in [-0.3, -0.25) is 4.90 Å². The number of aliphatic hydroxyl groups is 1. The van der Waals surface area contributed by atoms with Crippen LogP contribution in [0.1, 0.15) is 36.8 Å². The first kappa shape index (κ1) is 16.9. The Labute approximate surface area is 154 Å². The molecular weight excluding hydrogens is 332 g/mol. The molecule has 2 fully saturated rings. The summed E-state index contributed by atoms with van der Waals surface area (Å²) in [4.78, 5) is 4.67. The van der Waals surface area contributed by atoms with E-state index in [2.05, 4.69) is 41.0 Å². The number of rotatable bonds is 2. The molecular formula is C21H25ClN2O. The molecule has 2 aliphatic rings. The molecule has 0 aliphatic carbocycles. The fourth-order valence-corrected chi connectivity index (χ4v) is 4.40. The van der Waals surface area contributed by atoms with E-state index < -0.39 is 5.72 Å². The van der Waals surface area contributed by atoms with Crippen LogP contribution >= 0.6 is 11.6 Å². The zero-order valence-electron chi connectivity index (χ0n) is 14.7. The second kappa shape index (κ2) is 6.64. The van der Waals surface area contributed by atoms with Crippen molar-refractivity contribution in [2.45, 2.75) is 44.5 Å². The highest BCUT2D eigenvalue weighted by Gasteiger charge is 2.50. The Hall–Kier alpha value is -1.55. The SMILES string of the molecule is Cc1ccc(N2[C@@H]3CCCCCN3C[C@@]2(O)c2ccc(Cl)cc2)cc1. The average Bonchev–Trinajstić information content (AvgIpc) is 2.74. The van der Waals surface area contributed by atoms with Gasteiger partial charge in [-0.25, -0.2) is 0 Å². The number of hydrogen-bond acceptors (Lipinski definition) is 3. The van der Waals surface area contributed by atoms with Crippen molar-refractivity contribution in [1.82, 2.24) is 4.90 Å². The summed E-state index contributed by atoms with van der Waals surface area (Å²) in [6.07, 6.45) is 5.01. The predicted molar refractivity (Wildman–Crippen MR) is 103 cm³/mol. The van der Waals surface area contributed by atoms with E-state index in [1.807, 2.05) is 24.3 Å². The van der Waals surface area contributed by atoms with Gasteiger partial charge in [0.05, 0.1) is 12.7 Å². The molecule has 2 atom stereocenters. The molecule has 4 heteroatoms. The van der Waals surface area contributed by atoms with Crippen LogP contribution in [0.15, 0.2) is 48.5 Å². The molecule has 0 saturated carbocycles. The molecule has 0 aromatic heterocycles. The molecule has 2 heterocycles. The van der Waals surface area contributed by atoms with Gasteiger partial charge in [0, 0.05) is 22.8 Å². The molecule has 4 rings (SSSR count). The largest absolute Gasteiger partial charge is 0.366 e. The Balaban J connectivity index is 1.80. The van der Waals surface area contributed by atoms with Gasteiger partial charge in [-0.15, -0.1) is 0 Å². The maximum absolute atomic E-state index is 11.8. The fourth-order valence-electron chi connectivity index (χ4n) is 4.27. The molecule has 132 valence electrons. The quantitative estimate of drug-likeness (QED) is 0.857. The number of benzene rings is 2. The summed E-state index contributed by atoms with van der Waals surface area (Å²) in [5.41, 5.74) is 2.20. The maximum atomic E-state index is 11.8. The third-order valence-electron chi connectivity index (χ3n) is 5.57. The van der Waals surface area contributed by atoms with Crippen molar-refractivity contribution >= 4 is 17.3 Å². The Kier molecular flexibility index (Phi) is 4.48. The van der Waals surface area contributed by atoms with Crippen LogP contribution in [0.2, 0.25) is 5.02 Å². The Morgan fingerprint density at radius 2 is 1.72 bits per heavy atom. The van der Waals surface area contributed by atoms with Gasteiger partial charge in [-0.1, -0.05) is 47.9 Å². The first-order valence-corrected chi connectivity index (χ1v) is 9.54. The topological polar surface area (TPSA) is 26.7 Å². The molecule has 0 unspecified atom stereocenters. The molecule has 0 bridgehead atoms. The lowest BCUT2D eigenvalue weighted by atomic mass is 10.0. The highest BCUT2D eigenvalue weighted by Crippen LogP contribution is 2.43. The van der Waals surface area contributed by atoms with Crippen LogP contribution in [0.4, 0.5) is 5.69 Å². The van der Waals surface area contributed by atoms with Crippen molar-refractivity contribution in [3.05, 3.63) is 64.7 Å². The minimum atomic E-state index is -1.03. The predicted octanol–water partition coefficient (Wildman–Crippen LogP) is 4.52. The third kappa shape index (κ3) is 3.05. The number of nitrogens with zero attached hydrogens (tertiary/aromatic N) is 2. The molecule has 2 aromatic carbocycles. The number of halogens is 1. The van der Waals surface area contributed by atoms with Crippen molar-refractivity contribution in [3.8, 4) is 0 Å². The summed E-state index contributed by atoms with van der Waals surface area (Å²) in [5.74, 6) is 0. The van der Waals surface area contributed by atoms with Crippen molar-refractivity contribution in [1.29, 1.82) is 0 Å². The second-order valence-electron chi connectivity index (χ2n) is 7.33. The monoisotopic (exact) mass is 356 g/mol. The van der Waals surface area contributed by atoms with E-state index in [0.717, 1.165) is 24.2 Å². The van der Waals surface area contributed by atoms with Gasteiger partial charge in [0.2, 0.25) is 0 Å². The molecule has 2 aliphatic heterocycles. The van der Waals surface area contributed by atoms with E-state index in [1.165, 1.54) is 24.8 Å². The number of hydrogen-bond donors (Lipinski definition) is 1. The molecule has 0 spiro atoms. The molecule has 25 heavy (non-hydrogen) atoms. The fraction of sp³-hybridized carbons (Fsp3) is 0.429. The third-order valence-corrected chi connectivity index (χ3v) is 5.82. The van der Waals surface area contributed by atoms with Gasteiger partial charge in [0.1, 0.15) is 0 Å². The first-order chi connectivity index (χ1) is 12.1. The number of anilines is 1. The highest BCUT2D eigenvalue weighted by atomic mass is 35.5. The lowest BCUT2D eigenvalue weighted by molar-refractivity contribution is 0.0476. The Bertz CT molecular complexity index is 731. The van der Waals surface area contributed by atoms with E-state index >= 15 is 0 Å². The van der Waals surface area contributed by atoms with E-state index in [4.69, 9.17) is 11.6 Å². The van der Waals surface area contributed by atoms with Gasteiger partial charge >= 0.3 is 0 Å². The summed E-state index contributed by atoms with van der Waals surface area (Å²) in [6.45, 7) is 3.77. The lowest BCUT2D eigenvalue weighted by Gasteiger charge is -2.38. The zero-order chi connectivity index (χ0) is 17.4. The smallest absolute Gasteiger partial charge is 0.178 e. The van der Waals surface area contributed by atoms with Crippen LogP contribution in [0.5, 0.6) is 0 Å². The molecule has 1 N–H and O–H groups in total. The van der Waals surface area contributed by atoms with Crippen molar-refractivity contribution in [2.24, 2.45) is 0 Å². The van der Waals surface area contributed by atoms with Crippen LogP contribution in [0.3, 0.4) is 0 Å². The summed E-state index contributed by atoms with van der Waals surface area (Å²) in [7, 11) is 0. The van der Waals surface area contributed by atoms with Crippen LogP contribution in [0, 0.1) is 6.92 Å². The summed E-state index contributed by atoms with van der Waals surface area (Å²) >= 11 is 6.07. The van der Waals surface area contributed by atoms with Gasteiger partial charge in [-0.05, 0) is 50.5 Å². The first-order valence-electron chi connectivity index (χ1n) is 9.16. The molecule has 0 amide bonds. The maximum Gasteiger partial charge on any atom is 0.178 e. The minimum Gasteiger partial charge on any atom is -0.366 e. The van der Waals surface area contributed by atoms with Gasteiger partial charge in [-0.2, -0.15) is 0 Å². The Morgan fingerprint density at radius 1 is 1.00 bits per heavy atom. The molecule has 2 saturated heterocycles. The van der Waals surface area contributed by atoms with Crippen molar-refractivity contribution in [3.63, 3.8) is 0 Å². The summed E-state index contributed by atoms with van der Waals surface area (Å²) in [6, 6.07) is 16.1. The number of aryl methyl sites for hydroxylation is 1. The highest BCUT2D eigenvalue weighted by molar-refractivity contribution is 6.30. The van der Waals surface area contributed by atoms with Gasteiger partial charge in [0.25, 0.3) is 0 Å². The summed E-state index contributed by atoms with van der Waals surface area (Å²) < 4.78 is 0. The normalized spacial score (nSPS) is 27.2. The lowest BCUT2D eigenvalue weighted by Crippen LogP contribution is -2.47. The van der Waals surface area contributed by atoms with Crippen molar-refractivity contribution in [2.75, 3.05) is 18.0 Å². The minimum absolute atomic E-state index is 0.242. The molecule has 2 aromatic rings. The van der Waals surface area contributed by atoms with E-state index in [9.17, 15) is 5.11 Å². The van der Waals surface area contributed by atoms with Gasteiger partial charge < -0.3 is 10.0 Å². The Morgan fingerprint density at radius 3 is 2.44 bits per heavy atom. The van der Waals surface area contributed by atoms with E-state index in [1.54, 1.807) is 0 Å². The van der Waals surface area contributed by atoms with Gasteiger partial charge in [0.15, 0.2) is 5.72 Å². The van der Waals surface area contributed by atoms with Crippen LogP contribution in [0.25, 0.3) is 0 Å². The average molecular weight is 357 g/mol. The van der Waals surface area contributed by atoms with Crippen LogP contribution < -0.4 is 4.90 Å². The molecule has 3 nitrogen and oxygen atoms in total. The second-order valence-corrected chi connectivity index (χ2v) is 7.77. The standard InChI is InChI=1S/C21H25ClN2O/c1-16-6-12-19(13-7-16)24-20-5-3-2-4-14-23(20)15-21(24,25)17-8-10-18(22)11-9-17/h6-13,20,25H,2-5,14-15H2,1H3/t20-,21-/m1/s1. The zero-order valence-corrected chi connectivity index (χ0v) is 15.4.